The highest BCUT2D eigenvalue weighted by Gasteiger charge is 2.10. The minimum Gasteiger partial charge on any atom is -0.494 e. The predicted molar refractivity (Wildman–Crippen MR) is 77.5 cm³/mol. The zero-order chi connectivity index (χ0) is 14.7. The van der Waals surface area contributed by atoms with Crippen molar-refractivity contribution in [3.63, 3.8) is 0 Å². The normalized spacial score (nSPS) is 10.9. The lowest BCUT2D eigenvalue weighted by Crippen LogP contribution is -2.01. The van der Waals surface area contributed by atoms with E-state index >= 15 is 0 Å². The molecule has 106 valence electrons. The van der Waals surface area contributed by atoms with Crippen molar-refractivity contribution in [3.05, 3.63) is 40.9 Å². The first-order chi connectivity index (χ1) is 9.49. The summed E-state index contributed by atoms with van der Waals surface area (Å²) in [5, 5.41) is 0.363. The van der Waals surface area contributed by atoms with Crippen LogP contribution >= 0.6 is 11.6 Å². The molecule has 0 aliphatic heterocycles. The van der Waals surface area contributed by atoms with Crippen LogP contribution in [0.4, 0.5) is 4.39 Å². The Balaban J connectivity index is 2.41. The van der Waals surface area contributed by atoms with Crippen molar-refractivity contribution in [1.82, 2.24) is 9.97 Å². The second kappa shape index (κ2) is 6.18. The lowest BCUT2D eigenvalue weighted by Gasteiger charge is -2.08. The van der Waals surface area contributed by atoms with Gasteiger partial charge in [0.25, 0.3) is 0 Å². The maximum Gasteiger partial charge on any atom is 0.165 e. The number of rotatable bonds is 4. The SMILES string of the molecule is COc1ccc(-c2nc(Cl)cc(CC(C)C)n2)cc1F. The molecule has 2 aromatic rings. The Hall–Kier alpha value is -1.68. The molecule has 0 spiro atoms. The molecule has 2 rings (SSSR count). The largest absolute Gasteiger partial charge is 0.494 e. The molecule has 5 heteroatoms. The Morgan fingerprint density at radius 2 is 2.00 bits per heavy atom. The van der Waals surface area contributed by atoms with Crippen LogP contribution < -0.4 is 4.74 Å². The number of aromatic nitrogens is 2. The summed E-state index contributed by atoms with van der Waals surface area (Å²) in [4.78, 5) is 8.59. The second-order valence-electron chi connectivity index (χ2n) is 4.95. The highest BCUT2D eigenvalue weighted by molar-refractivity contribution is 6.29. The van der Waals surface area contributed by atoms with Gasteiger partial charge in [-0.2, -0.15) is 0 Å². The molecule has 0 unspecified atom stereocenters. The number of hydrogen-bond donors (Lipinski definition) is 0. The zero-order valence-electron chi connectivity index (χ0n) is 11.7. The van der Waals surface area contributed by atoms with Crippen LogP contribution in [0.25, 0.3) is 11.4 Å². The zero-order valence-corrected chi connectivity index (χ0v) is 12.4. The Kier molecular flexibility index (Phi) is 4.55. The van der Waals surface area contributed by atoms with Crippen LogP contribution in [0.2, 0.25) is 5.15 Å². The van der Waals surface area contributed by atoms with E-state index in [-0.39, 0.29) is 5.75 Å². The lowest BCUT2D eigenvalue weighted by molar-refractivity contribution is 0.386. The van der Waals surface area contributed by atoms with Crippen molar-refractivity contribution in [3.8, 4) is 17.1 Å². The minimum atomic E-state index is -0.445. The lowest BCUT2D eigenvalue weighted by atomic mass is 10.1. The van der Waals surface area contributed by atoms with Gasteiger partial charge in [-0.3, -0.25) is 0 Å². The molecule has 0 saturated heterocycles. The number of halogens is 2. The van der Waals surface area contributed by atoms with E-state index < -0.39 is 5.82 Å². The van der Waals surface area contributed by atoms with Gasteiger partial charge in [0.15, 0.2) is 17.4 Å². The summed E-state index contributed by atoms with van der Waals surface area (Å²) in [5.41, 5.74) is 1.43. The molecule has 0 bridgehead atoms. The van der Waals surface area contributed by atoms with Gasteiger partial charge in [-0.1, -0.05) is 25.4 Å². The molecule has 20 heavy (non-hydrogen) atoms. The Labute approximate surface area is 122 Å². The summed E-state index contributed by atoms with van der Waals surface area (Å²) >= 11 is 6.01. The van der Waals surface area contributed by atoms with E-state index in [1.165, 1.54) is 13.2 Å². The molecule has 0 saturated carbocycles. The molecular formula is C15H16ClFN2O. The van der Waals surface area contributed by atoms with Gasteiger partial charge in [-0.05, 0) is 36.6 Å². The molecule has 0 radical (unpaired) electrons. The molecule has 0 aliphatic carbocycles. The average molecular weight is 295 g/mol. The summed E-state index contributed by atoms with van der Waals surface area (Å²) < 4.78 is 18.6. The average Bonchev–Trinajstić information content (AvgIpc) is 2.37. The van der Waals surface area contributed by atoms with E-state index in [0.29, 0.717) is 22.5 Å². The number of hydrogen-bond acceptors (Lipinski definition) is 3. The fraction of sp³-hybridized carbons (Fsp3) is 0.333. The third-order valence-electron chi connectivity index (χ3n) is 2.78. The maximum atomic E-state index is 13.7. The molecule has 0 aliphatic rings. The van der Waals surface area contributed by atoms with Gasteiger partial charge in [0.05, 0.1) is 7.11 Å². The van der Waals surface area contributed by atoms with Gasteiger partial charge in [0, 0.05) is 11.3 Å². The fourth-order valence-electron chi connectivity index (χ4n) is 1.92. The minimum absolute atomic E-state index is 0.193. The molecule has 1 aromatic heterocycles. The summed E-state index contributed by atoms with van der Waals surface area (Å²) in [6, 6.07) is 6.36. The highest BCUT2D eigenvalue weighted by atomic mass is 35.5. The van der Waals surface area contributed by atoms with Gasteiger partial charge in [-0.15, -0.1) is 0 Å². The Morgan fingerprint density at radius 3 is 2.60 bits per heavy atom. The third kappa shape index (κ3) is 3.45. The van der Waals surface area contributed by atoms with Crippen molar-refractivity contribution in [1.29, 1.82) is 0 Å². The number of benzene rings is 1. The van der Waals surface area contributed by atoms with Crippen LogP contribution in [0.5, 0.6) is 5.75 Å². The van der Waals surface area contributed by atoms with Gasteiger partial charge >= 0.3 is 0 Å². The monoisotopic (exact) mass is 294 g/mol. The van der Waals surface area contributed by atoms with Crippen LogP contribution in [0.15, 0.2) is 24.3 Å². The van der Waals surface area contributed by atoms with Gasteiger partial charge < -0.3 is 4.74 Å². The number of nitrogens with zero attached hydrogens (tertiary/aromatic N) is 2. The number of ether oxygens (including phenoxy) is 1. The van der Waals surface area contributed by atoms with E-state index in [1.54, 1.807) is 18.2 Å². The molecule has 0 amide bonds. The standard InChI is InChI=1S/C15H16ClFN2O/c1-9(2)6-11-8-14(16)19-15(18-11)10-4-5-13(20-3)12(17)7-10/h4-5,7-9H,6H2,1-3H3. The first-order valence-corrected chi connectivity index (χ1v) is 6.74. The van der Waals surface area contributed by atoms with Crippen molar-refractivity contribution >= 4 is 11.6 Å². The van der Waals surface area contributed by atoms with Crippen LogP contribution in [-0.2, 0) is 6.42 Å². The summed E-state index contributed by atoms with van der Waals surface area (Å²) in [7, 11) is 1.43. The highest BCUT2D eigenvalue weighted by Crippen LogP contribution is 2.24. The topological polar surface area (TPSA) is 35.0 Å². The van der Waals surface area contributed by atoms with Crippen LogP contribution in [0, 0.1) is 11.7 Å². The number of methoxy groups -OCH3 is 1. The van der Waals surface area contributed by atoms with Gasteiger partial charge in [-0.25, -0.2) is 14.4 Å². The van der Waals surface area contributed by atoms with Crippen molar-refractivity contribution < 1.29 is 9.13 Å². The third-order valence-corrected chi connectivity index (χ3v) is 2.97. The van der Waals surface area contributed by atoms with Crippen LogP contribution in [-0.4, -0.2) is 17.1 Å². The fourth-order valence-corrected chi connectivity index (χ4v) is 2.13. The molecule has 0 fully saturated rings. The molecule has 0 N–H and O–H groups in total. The van der Waals surface area contributed by atoms with Crippen LogP contribution in [0.3, 0.4) is 0 Å². The summed E-state index contributed by atoms with van der Waals surface area (Å²) in [6.45, 7) is 4.20. The molecule has 1 aromatic carbocycles. The van der Waals surface area contributed by atoms with E-state index in [9.17, 15) is 4.39 Å². The van der Waals surface area contributed by atoms with Crippen molar-refractivity contribution in [2.24, 2.45) is 5.92 Å². The quantitative estimate of drug-likeness (QED) is 0.795. The van der Waals surface area contributed by atoms with Crippen LogP contribution in [0.1, 0.15) is 19.5 Å². The summed E-state index contributed by atoms with van der Waals surface area (Å²) in [5.74, 6) is 0.633. The Bertz CT molecular complexity index is 617. The smallest absolute Gasteiger partial charge is 0.165 e. The Morgan fingerprint density at radius 1 is 1.25 bits per heavy atom. The molecular weight excluding hydrogens is 279 g/mol. The maximum absolute atomic E-state index is 13.7. The molecule has 0 atom stereocenters. The van der Waals surface area contributed by atoms with E-state index in [4.69, 9.17) is 16.3 Å². The van der Waals surface area contributed by atoms with Gasteiger partial charge in [0.1, 0.15) is 5.15 Å². The predicted octanol–water partition coefficient (Wildman–Crippen LogP) is 4.14. The van der Waals surface area contributed by atoms with E-state index in [2.05, 4.69) is 23.8 Å². The summed E-state index contributed by atoms with van der Waals surface area (Å²) in [6.07, 6.45) is 0.799. The van der Waals surface area contributed by atoms with E-state index in [1.807, 2.05) is 0 Å². The van der Waals surface area contributed by atoms with Gasteiger partial charge in [0.2, 0.25) is 0 Å². The molecule has 1 heterocycles. The molecule has 3 nitrogen and oxygen atoms in total. The first kappa shape index (κ1) is 14.7. The first-order valence-electron chi connectivity index (χ1n) is 6.37. The van der Waals surface area contributed by atoms with Crippen molar-refractivity contribution in [2.75, 3.05) is 7.11 Å². The second-order valence-corrected chi connectivity index (χ2v) is 5.34. The van der Waals surface area contributed by atoms with Crippen molar-refractivity contribution in [2.45, 2.75) is 20.3 Å². The van der Waals surface area contributed by atoms with E-state index in [0.717, 1.165) is 12.1 Å².